The molecule has 0 aliphatic rings. The number of sulfonamides is 1. The second-order valence-electron chi connectivity index (χ2n) is 5.59. The zero-order valence-corrected chi connectivity index (χ0v) is 15.2. The second-order valence-corrected chi connectivity index (χ2v) is 7.32. The summed E-state index contributed by atoms with van der Waals surface area (Å²) in [7, 11) is -3.70. The summed E-state index contributed by atoms with van der Waals surface area (Å²) in [6.45, 7) is 2.43. The first-order chi connectivity index (χ1) is 12.6. The van der Waals surface area contributed by atoms with Crippen molar-refractivity contribution in [3.63, 3.8) is 0 Å². The number of pyridine rings is 1. The highest BCUT2D eigenvalue weighted by Crippen LogP contribution is 2.27. The van der Waals surface area contributed by atoms with E-state index in [1.807, 2.05) is 43.3 Å². The van der Waals surface area contributed by atoms with Gasteiger partial charge in [0.25, 0.3) is 0 Å². The molecular weight excluding hydrogens is 348 g/mol. The fourth-order valence-corrected chi connectivity index (χ4v) is 3.87. The van der Waals surface area contributed by atoms with Crippen molar-refractivity contribution in [2.45, 2.75) is 18.4 Å². The monoisotopic (exact) mass is 368 g/mol. The summed E-state index contributed by atoms with van der Waals surface area (Å²) in [6, 6.07) is 20.0. The van der Waals surface area contributed by atoms with Crippen molar-refractivity contribution >= 4 is 10.0 Å². The molecule has 6 heteroatoms. The first kappa shape index (κ1) is 18.1. The summed E-state index contributed by atoms with van der Waals surface area (Å²) in [4.78, 5) is 4.39. The second kappa shape index (κ2) is 8.12. The highest BCUT2D eigenvalue weighted by Gasteiger charge is 2.19. The van der Waals surface area contributed by atoms with Crippen LogP contribution in [-0.4, -0.2) is 20.0 Å². The lowest BCUT2D eigenvalue weighted by atomic mass is 10.1. The maximum Gasteiger partial charge on any atom is 0.241 e. The Labute approximate surface area is 153 Å². The van der Waals surface area contributed by atoms with E-state index < -0.39 is 10.0 Å². The molecule has 0 radical (unpaired) electrons. The maximum absolute atomic E-state index is 12.9. The summed E-state index contributed by atoms with van der Waals surface area (Å²) < 4.78 is 33.9. The fourth-order valence-electron chi connectivity index (χ4n) is 2.63. The predicted octanol–water partition coefficient (Wildman–Crippen LogP) is 3.63. The van der Waals surface area contributed by atoms with E-state index in [9.17, 15) is 8.42 Å². The predicted molar refractivity (Wildman–Crippen MR) is 101 cm³/mol. The molecule has 0 spiro atoms. The van der Waals surface area contributed by atoms with Crippen molar-refractivity contribution in [3.05, 3.63) is 78.5 Å². The van der Waals surface area contributed by atoms with E-state index in [0.29, 0.717) is 23.6 Å². The third-order valence-electron chi connectivity index (χ3n) is 3.85. The molecule has 0 atom stereocenters. The van der Waals surface area contributed by atoms with Gasteiger partial charge in [0.2, 0.25) is 15.9 Å². The highest BCUT2D eigenvalue weighted by atomic mass is 32.2. The van der Waals surface area contributed by atoms with Gasteiger partial charge in [-0.25, -0.2) is 18.1 Å². The Bertz CT molecular complexity index is 973. The van der Waals surface area contributed by atoms with Crippen molar-refractivity contribution in [2.75, 3.05) is 6.61 Å². The first-order valence-corrected chi connectivity index (χ1v) is 9.81. The Morgan fingerprint density at radius 3 is 2.46 bits per heavy atom. The molecule has 0 unspecified atom stereocenters. The molecule has 3 aromatic rings. The lowest BCUT2D eigenvalue weighted by molar-refractivity contribution is 0.322. The molecule has 0 saturated heterocycles. The van der Waals surface area contributed by atoms with Crippen LogP contribution in [0.25, 0.3) is 11.1 Å². The lowest BCUT2D eigenvalue weighted by Gasteiger charge is -2.13. The molecule has 1 N–H and O–H groups in total. The SMILES string of the molecule is CCOc1ncccc1CNS(=O)(=O)c1ccccc1-c1ccccc1. The molecule has 0 fully saturated rings. The zero-order chi connectivity index (χ0) is 18.4. The van der Waals surface area contributed by atoms with Gasteiger partial charge in [-0.15, -0.1) is 0 Å². The van der Waals surface area contributed by atoms with E-state index in [-0.39, 0.29) is 11.4 Å². The summed E-state index contributed by atoms with van der Waals surface area (Å²) in [5.74, 6) is 0.439. The van der Waals surface area contributed by atoms with Gasteiger partial charge in [-0.1, -0.05) is 54.6 Å². The van der Waals surface area contributed by atoms with Crippen LogP contribution in [-0.2, 0) is 16.6 Å². The van der Waals surface area contributed by atoms with Crippen LogP contribution in [0.1, 0.15) is 12.5 Å². The molecule has 2 aromatic carbocycles. The van der Waals surface area contributed by atoms with E-state index in [1.54, 1.807) is 36.5 Å². The first-order valence-electron chi connectivity index (χ1n) is 8.32. The van der Waals surface area contributed by atoms with Crippen molar-refractivity contribution in [1.29, 1.82) is 0 Å². The number of hydrogen-bond acceptors (Lipinski definition) is 4. The largest absolute Gasteiger partial charge is 0.478 e. The number of hydrogen-bond donors (Lipinski definition) is 1. The quantitative estimate of drug-likeness (QED) is 0.691. The molecule has 0 saturated carbocycles. The topological polar surface area (TPSA) is 68.3 Å². The van der Waals surface area contributed by atoms with Crippen LogP contribution in [0.15, 0.2) is 77.8 Å². The number of nitrogens with one attached hydrogen (secondary N) is 1. The molecule has 26 heavy (non-hydrogen) atoms. The third-order valence-corrected chi connectivity index (χ3v) is 5.30. The number of ether oxygens (including phenoxy) is 1. The van der Waals surface area contributed by atoms with Crippen molar-refractivity contribution in [1.82, 2.24) is 9.71 Å². The summed E-state index contributed by atoms with van der Waals surface area (Å²) in [6.07, 6.45) is 1.62. The van der Waals surface area contributed by atoms with E-state index in [1.165, 1.54) is 0 Å². The van der Waals surface area contributed by atoms with Gasteiger partial charge in [-0.3, -0.25) is 0 Å². The van der Waals surface area contributed by atoms with Crippen molar-refractivity contribution in [2.24, 2.45) is 0 Å². The Balaban J connectivity index is 1.89. The Hall–Kier alpha value is -2.70. The summed E-state index contributed by atoms with van der Waals surface area (Å²) in [5, 5.41) is 0. The van der Waals surface area contributed by atoms with Gasteiger partial charge in [0.05, 0.1) is 11.5 Å². The molecule has 1 aromatic heterocycles. The van der Waals surface area contributed by atoms with Gasteiger partial charge >= 0.3 is 0 Å². The smallest absolute Gasteiger partial charge is 0.241 e. The molecule has 0 aliphatic heterocycles. The minimum atomic E-state index is -3.70. The fraction of sp³-hybridized carbons (Fsp3) is 0.150. The normalized spacial score (nSPS) is 11.3. The van der Waals surface area contributed by atoms with Gasteiger partial charge in [0, 0.05) is 23.9 Å². The number of benzene rings is 2. The standard InChI is InChI=1S/C20H20N2O3S/c1-2-25-20-17(11-8-14-21-20)15-22-26(23,24)19-13-7-6-12-18(19)16-9-4-3-5-10-16/h3-14,22H,2,15H2,1H3. The van der Waals surface area contributed by atoms with Crippen LogP contribution in [0.5, 0.6) is 5.88 Å². The van der Waals surface area contributed by atoms with Gasteiger partial charge < -0.3 is 4.74 Å². The van der Waals surface area contributed by atoms with Crippen LogP contribution in [0.4, 0.5) is 0 Å². The minimum absolute atomic E-state index is 0.106. The maximum atomic E-state index is 12.9. The van der Waals surface area contributed by atoms with E-state index in [2.05, 4.69) is 9.71 Å². The van der Waals surface area contributed by atoms with E-state index in [4.69, 9.17) is 4.74 Å². The van der Waals surface area contributed by atoms with Gasteiger partial charge in [-0.2, -0.15) is 0 Å². The van der Waals surface area contributed by atoms with Crippen LogP contribution in [0.3, 0.4) is 0 Å². The van der Waals surface area contributed by atoms with E-state index >= 15 is 0 Å². The molecule has 0 aliphatic carbocycles. The third kappa shape index (κ3) is 4.09. The molecule has 5 nitrogen and oxygen atoms in total. The van der Waals surface area contributed by atoms with E-state index in [0.717, 1.165) is 5.56 Å². The van der Waals surface area contributed by atoms with Crippen molar-refractivity contribution < 1.29 is 13.2 Å². The molecule has 0 bridgehead atoms. The average molecular weight is 368 g/mol. The Morgan fingerprint density at radius 2 is 1.69 bits per heavy atom. The van der Waals surface area contributed by atoms with Crippen LogP contribution >= 0.6 is 0 Å². The average Bonchev–Trinajstić information content (AvgIpc) is 2.68. The zero-order valence-electron chi connectivity index (χ0n) is 14.4. The highest BCUT2D eigenvalue weighted by molar-refractivity contribution is 7.89. The number of aromatic nitrogens is 1. The van der Waals surface area contributed by atoms with Gasteiger partial charge in [0.15, 0.2) is 0 Å². The molecule has 134 valence electrons. The molecule has 1 heterocycles. The van der Waals surface area contributed by atoms with Gasteiger partial charge in [-0.05, 0) is 24.6 Å². The number of rotatable bonds is 7. The molecule has 3 rings (SSSR count). The number of nitrogens with zero attached hydrogens (tertiary/aromatic N) is 1. The van der Waals surface area contributed by atoms with Gasteiger partial charge in [0.1, 0.15) is 0 Å². The van der Waals surface area contributed by atoms with Crippen LogP contribution in [0.2, 0.25) is 0 Å². The Morgan fingerprint density at radius 1 is 0.962 bits per heavy atom. The Kier molecular flexibility index (Phi) is 5.65. The van der Waals surface area contributed by atoms with Crippen LogP contribution in [0, 0.1) is 0 Å². The summed E-state index contributed by atoms with van der Waals surface area (Å²) >= 11 is 0. The van der Waals surface area contributed by atoms with Crippen molar-refractivity contribution in [3.8, 4) is 17.0 Å². The molecular formula is C20H20N2O3S. The molecule has 0 amide bonds. The summed E-state index contributed by atoms with van der Waals surface area (Å²) in [5.41, 5.74) is 2.21. The lowest BCUT2D eigenvalue weighted by Crippen LogP contribution is -2.24. The van der Waals surface area contributed by atoms with Crippen LogP contribution < -0.4 is 9.46 Å². The minimum Gasteiger partial charge on any atom is -0.478 e.